The fourth-order valence-corrected chi connectivity index (χ4v) is 3.59. The Morgan fingerprint density at radius 1 is 0.581 bits per heavy atom. The summed E-state index contributed by atoms with van der Waals surface area (Å²) >= 11 is 0. The van der Waals surface area contributed by atoms with Crippen LogP contribution in [0.4, 0.5) is 0 Å². The molecule has 0 bridgehead atoms. The lowest BCUT2D eigenvalue weighted by Gasteiger charge is -2.19. The summed E-state index contributed by atoms with van der Waals surface area (Å²) in [7, 11) is 0. The minimum Gasteiger partial charge on any atom is -0.490 e. The van der Waals surface area contributed by atoms with Crippen LogP contribution in [0.5, 0.6) is 17.2 Å². The first-order chi connectivity index (χ1) is 15.3. The molecule has 0 aliphatic carbocycles. The molecule has 0 N–H and O–H groups in total. The second-order valence-corrected chi connectivity index (χ2v) is 8.61. The third-order valence-electron chi connectivity index (χ3n) is 5.55. The summed E-state index contributed by atoms with van der Waals surface area (Å²) in [6, 6.07) is 4.33. The zero-order valence-corrected chi connectivity index (χ0v) is 20.8. The van der Waals surface area contributed by atoms with Gasteiger partial charge in [-0.15, -0.1) is 0 Å². The van der Waals surface area contributed by atoms with Crippen LogP contribution in [0.1, 0.15) is 116 Å². The molecule has 0 spiro atoms. The van der Waals surface area contributed by atoms with E-state index in [1.165, 1.54) is 63.4 Å². The third-order valence-corrected chi connectivity index (χ3v) is 5.55. The Morgan fingerprint density at radius 3 is 1.45 bits per heavy atom. The smallest absolute Gasteiger partial charge is 0.203 e. The summed E-state index contributed by atoms with van der Waals surface area (Å²) in [5.41, 5.74) is 1.26. The summed E-state index contributed by atoms with van der Waals surface area (Å²) in [4.78, 5) is 0. The van der Waals surface area contributed by atoms with Gasteiger partial charge in [-0.1, -0.05) is 91.9 Å². The molecule has 0 amide bonds. The van der Waals surface area contributed by atoms with E-state index in [1.807, 2.05) is 0 Å². The molecule has 0 saturated carbocycles. The van der Waals surface area contributed by atoms with Gasteiger partial charge in [0.2, 0.25) is 5.75 Å². The van der Waals surface area contributed by atoms with E-state index < -0.39 is 0 Å². The molecule has 1 rings (SSSR count). The maximum absolute atomic E-state index is 6.27. The van der Waals surface area contributed by atoms with Crippen molar-refractivity contribution in [2.45, 2.75) is 117 Å². The molecule has 31 heavy (non-hydrogen) atoms. The molecule has 0 aliphatic rings. The van der Waals surface area contributed by atoms with Gasteiger partial charge in [-0.2, -0.15) is 0 Å². The molecule has 1 radical (unpaired) electrons. The molecule has 3 nitrogen and oxygen atoms in total. The van der Waals surface area contributed by atoms with Gasteiger partial charge in [0.1, 0.15) is 0 Å². The van der Waals surface area contributed by atoms with Crippen LogP contribution in [-0.4, -0.2) is 19.8 Å². The maximum atomic E-state index is 6.27. The van der Waals surface area contributed by atoms with Crippen molar-refractivity contribution in [3.05, 3.63) is 24.6 Å². The van der Waals surface area contributed by atoms with Crippen molar-refractivity contribution in [2.75, 3.05) is 19.8 Å². The minimum absolute atomic E-state index is 0.719. The fraction of sp³-hybridized carbons (Fsp3) is 0.750. The second-order valence-electron chi connectivity index (χ2n) is 8.61. The van der Waals surface area contributed by atoms with Gasteiger partial charge >= 0.3 is 0 Å². The van der Waals surface area contributed by atoms with E-state index in [0.717, 1.165) is 75.6 Å². The highest BCUT2D eigenvalue weighted by atomic mass is 16.5. The molecule has 179 valence electrons. The zero-order chi connectivity index (χ0) is 22.6. The predicted octanol–water partition coefficient (Wildman–Crippen LogP) is 8.72. The number of hydrogen-bond donors (Lipinski definition) is 0. The molecular weight excluding hydrogens is 384 g/mol. The van der Waals surface area contributed by atoms with Crippen molar-refractivity contribution in [1.29, 1.82) is 0 Å². The Bertz CT molecular complexity index is 506. The van der Waals surface area contributed by atoms with Crippen molar-refractivity contribution in [2.24, 2.45) is 0 Å². The molecule has 0 unspecified atom stereocenters. The molecule has 1 aromatic carbocycles. The van der Waals surface area contributed by atoms with Crippen LogP contribution in [0.25, 0.3) is 0 Å². The van der Waals surface area contributed by atoms with Gasteiger partial charge in [0.05, 0.1) is 19.8 Å². The van der Waals surface area contributed by atoms with Gasteiger partial charge in [-0.25, -0.2) is 0 Å². The lowest BCUT2D eigenvalue weighted by Crippen LogP contribution is -2.07. The van der Waals surface area contributed by atoms with Crippen LogP contribution in [0.15, 0.2) is 12.1 Å². The molecule has 0 atom stereocenters. The lowest BCUT2D eigenvalue weighted by molar-refractivity contribution is 0.234. The average molecular weight is 434 g/mol. The van der Waals surface area contributed by atoms with Gasteiger partial charge in [-0.05, 0) is 49.8 Å². The molecule has 0 fully saturated rings. The number of unbranched alkanes of at least 4 members (excludes halogenated alkanes) is 10. The second kappa shape index (κ2) is 19.3. The molecule has 0 heterocycles. The van der Waals surface area contributed by atoms with E-state index in [9.17, 15) is 0 Å². The largest absolute Gasteiger partial charge is 0.490 e. The minimum atomic E-state index is 0.719. The first-order valence-electron chi connectivity index (χ1n) is 13.1. The first-order valence-corrected chi connectivity index (χ1v) is 13.1. The summed E-state index contributed by atoms with van der Waals surface area (Å²) in [5.74, 6) is 2.52. The Kier molecular flexibility index (Phi) is 17.2. The van der Waals surface area contributed by atoms with Crippen LogP contribution in [0.3, 0.4) is 0 Å². The van der Waals surface area contributed by atoms with Crippen LogP contribution in [0, 0.1) is 6.92 Å². The molecule has 0 aliphatic heterocycles. The van der Waals surface area contributed by atoms with E-state index in [4.69, 9.17) is 14.2 Å². The summed E-state index contributed by atoms with van der Waals surface area (Å²) in [6.45, 7) is 12.9. The summed E-state index contributed by atoms with van der Waals surface area (Å²) in [5, 5.41) is 0. The van der Waals surface area contributed by atoms with E-state index in [0.29, 0.717) is 0 Å². The van der Waals surface area contributed by atoms with Gasteiger partial charge in [0.15, 0.2) is 11.5 Å². The van der Waals surface area contributed by atoms with Gasteiger partial charge in [-0.3, -0.25) is 0 Å². The van der Waals surface area contributed by atoms with Crippen LogP contribution >= 0.6 is 0 Å². The lowest BCUT2D eigenvalue weighted by atomic mass is 10.1. The van der Waals surface area contributed by atoms with Crippen LogP contribution < -0.4 is 14.2 Å². The topological polar surface area (TPSA) is 27.7 Å². The van der Waals surface area contributed by atoms with Gasteiger partial charge < -0.3 is 14.2 Å². The van der Waals surface area contributed by atoms with Crippen molar-refractivity contribution in [3.8, 4) is 17.2 Å². The number of ether oxygens (including phenoxy) is 3. The summed E-state index contributed by atoms with van der Waals surface area (Å²) in [6.07, 6.45) is 17.4. The third kappa shape index (κ3) is 12.9. The highest BCUT2D eigenvalue weighted by Crippen LogP contribution is 2.40. The molecular formula is C28H49O3. The normalized spacial score (nSPS) is 11.0. The highest BCUT2D eigenvalue weighted by Gasteiger charge is 2.16. The molecule has 1 aromatic rings. The van der Waals surface area contributed by atoms with E-state index >= 15 is 0 Å². The van der Waals surface area contributed by atoms with Gasteiger partial charge in [0, 0.05) is 0 Å². The highest BCUT2D eigenvalue weighted by molar-refractivity contribution is 5.54. The van der Waals surface area contributed by atoms with E-state index in [-0.39, 0.29) is 0 Å². The van der Waals surface area contributed by atoms with E-state index in [2.05, 4.69) is 39.8 Å². The molecule has 3 heteroatoms. The van der Waals surface area contributed by atoms with Crippen LogP contribution in [-0.2, 0) is 6.42 Å². The molecule has 0 aromatic heterocycles. The van der Waals surface area contributed by atoms with Gasteiger partial charge in [0.25, 0.3) is 0 Å². The SMILES string of the molecule is [CH2]CCCc1cc(OCCCCCC)c(OCCCCCC)c(OCCCCCC)c1. The van der Waals surface area contributed by atoms with E-state index in [1.54, 1.807) is 0 Å². The zero-order valence-electron chi connectivity index (χ0n) is 20.8. The molecule has 0 saturated heterocycles. The van der Waals surface area contributed by atoms with Crippen LogP contribution in [0.2, 0.25) is 0 Å². The number of aryl methyl sites for hydroxylation is 1. The Morgan fingerprint density at radius 2 is 1.03 bits per heavy atom. The Balaban J connectivity index is 2.91. The fourth-order valence-electron chi connectivity index (χ4n) is 3.59. The van der Waals surface area contributed by atoms with Crippen molar-refractivity contribution in [3.63, 3.8) is 0 Å². The number of hydrogen-bond acceptors (Lipinski definition) is 3. The average Bonchev–Trinajstić information content (AvgIpc) is 2.78. The van der Waals surface area contributed by atoms with Crippen molar-refractivity contribution < 1.29 is 14.2 Å². The maximum Gasteiger partial charge on any atom is 0.203 e. The predicted molar refractivity (Wildman–Crippen MR) is 134 cm³/mol. The first kappa shape index (κ1) is 27.7. The van der Waals surface area contributed by atoms with Crippen molar-refractivity contribution >= 4 is 0 Å². The quantitative estimate of drug-likeness (QED) is 0.181. The number of benzene rings is 1. The number of rotatable bonds is 21. The summed E-state index contributed by atoms with van der Waals surface area (Å²) < 4.78 is 18.8. The van der Waals surface area contributed by atoms with Crippen molar-refractivity contribution in [1.82, 2.24) is 0 Å². The standard InChI is InChI=1S/C28H49O3/c1-5-9-13-16-20-29-26-23-25(19-12-8-4)24-27(30-21-17-14-10-6-2)28(26)31-22-18-15-11-7-3/h23-24H,4-22H2,1-3H3. The Labute approximate surface area is 193 Å². The Hall–Kier alpha value is -1.38. The monoisotopic (exact) mass is 433 g/mol.